The Kier molecular flexibility index (Phi) is 5.11. The molecule has 0 saturated heterocycles. The molecule has 1 aromatic carbocycles. The SMILES string of the molecule is CSCCCNc1ccc([N+](=O)[O-])c(C)c1. The quantitative estimate of drug-likeness (QED) is 0.471. The van der Waals surface area contributed by atoms with Crippen LogP contribution in [0.25, 0.3) is 0 Å². The summed E-state index contributed by atoms with van der Waals surface area (Å²) in [4.78, 5) is 10.3. The summed E-state index contributed by atoms with van der Waals surface area (Å²) in [5, 5.41) is 13.9. The Morgan fingerprint density at radius 1 is 1.50 bits per heavy atom. The Morgan fingerprint density at radius 3 is 2.81 bits per heavy atom. The average molecular weight is 240 g/mol. The number of benzene rings is 1. The molecule has 0 unspecified atom stereocenters. The van der Waals surface area contributed by atoms with E-state index in [-0.39, 0.29) is 10.6 Å². The van der Waals surface area contributed by atoms with Crippen molar-refractivity contribution >= 4 is 23.1 Å². The van der Waals surface area contributed by atoms with E-state index >= 15 is 0 Å². The molecule has 1 N–H and O–H groups in total. The normalized spacial score (nSPS) is 10.1. The number of nitrogens with zero attached hydrogens (tertiary/aromatic N) is 1. The minimum atomic E-state index is -0.354. The molecular weight excluding hydrogens is 224 g/mol. The summed E-state index contributed by atoms with van der Waals surface area (Å²) in [5.74, 6) is 1.12. The average Bonchev–Trinajstić information content (AvgIpc) is 2.24. The lowest BCUT2D eigenvalue weighted by Gasteiger charge is -2.06. The zero-order valence-corrected chi connectivity index (χ0v) is 10.3. The maximum absolute atomic E-state index is 10.6. The molecule has 0 amide bonds. The van der Waals surface area contributed by atoms with Crippen molar-refractivity contribution in [3.05, 3.63) is 33.9 Å². The van der Waals surface area contributed by atoms with E-state index in [1.807, 2.05) is 17.8 Å². The zero-order chi connectivity index (χ0) is 12.0. The largest absolute Gasteiger partial charge is 0.385 e. The van der Waals surface area contributed by atoms with Gasteiger partial charge in [-0.1, -0.05) is 0 Å². The fourth-order valence-electron chi connectivity index (χ4n) is 1.42. The molecule has 4 nitrogen and oxygen atoms in total. The first-order valence-electron chi connectivity index (χ1n) is 5.13. The number of thioether (sulfide) groups is 1. The second kappa shape index (κ2) is 6.37. The maximum Gasteiger partial charge on any atom is 0.272 e. The van der Waals surface area contributed by atoms with Crippen LogP contribution >= 0.6 is 11.8 Å². The zero-order valence-electron chi connectivity index (χ0n) is 9.53. The second-order valence-electron chi connectivity index (χ2n) is 3.53. The van der Waals surface area contributed by atoms with Gasteiger partial charge in [-0.05, 0) is 37.5 Å². The van der Waals surface area contributed by atoms with Gasteiger partial charge < -0.3 is 5.32 Å². The highest BCUT2D eigenvalue weighted by atomic mass is 32.2. The third-order valence-electron chi connectivity index (χ3n) is 2.25. The minimum absolute atomic E-state index is 0.176. The van der Waals surface area contributed by atoms with Crippen molar-refractivity contribution in [3.8, 4) is 0 Å². The maximum atomic E-state index is 10.6. The Hall–Kier alpha value is -1.23. The molecule has 0 aliphatic heterocycles. The van der Waals surface area contributed by atoms with E-state index in [0.717, 1.165) is 24.4 Å². The molecule has 88 valence electrons. The van der Waals surface area contributed by atoms with Gasteiger partial charge >= 0.3 is 0 Å². The van der Waals surface area contributed by atoms with Gasteiger partial charge in [-0.3, -0.25) is 10.1 Å². The van der Waals surface area contributed by atoms with Crippen molar-refractivity contribution in [2.24, 2.45) is 0 Å². The lowest BCUT2D eigenvalue weighted by atomic mass is 10.2. The van der Waals surface area contributed by atoms with Crippen LogP contribution in [0.1, 0.15) is 12.0 Å². The summed E-state index contributed by atoms with van der Waals surface area (Å²) in [7, 11) is 0. The van der Waals surface area contributed by atoms with Crippen molar-refractivity contribution in [3.63, 3.8) is 0 Å². The molecule has 0 fully saturated rings. The van der Waals surface area contributed by atoms with Crippen LogP contribution in [0, 0.1) is 17.0 Å². The van der Waals surface area contributed by atoms with Gasteiger partial charge in [0.25, 0.3) is 5.69 Å². The van der Waals surface area contributed by atoms with Gasteiger partial charge in [0.15, 0.2) is 0 Å². The van der Waals surface area contributed by atoms with Gasteiger partial charge in [0, 0.05) is 23.9 Å². The number of rotatable bonds is 6. The molecule has 5 heteroatoms. The molecule has 16 heavy (non-hydrogen) atoms. The number of nitrogens with one attached hydrogen (secondary N) is 1. The highest BCUT2D eigenvalue weighted by Gasteiger charge is 2.09. The molecule has 0 aliphatic carbocycles. The Bertz CT molecular complexity index is 369. The van der Waals surface area contributed by atoms with Crippen molar-refractivity contribution < 1.29 is 4.92 Å². The number of anilines is 1. The van der Waals surface area contributed by atoms with Gasteiger partial charge in [-0.25, -0.2) is 0 Å². The minimum Gasteiger partial charge on any atom is -0.385 e. The number of hydrogen-bond donors (Lipinski definition) is 1. The molecule has 0 spiro atoms. The fourth-order valence-corrected chi connectivity index (χ4v) is 1.85. The highest BCUT2D eigenvalue weighted by molar-refractivity contribution is 7.98. The van der Waals surface area contributed by atoms with E-state index in [4.69, 9.17) is 0 Å². The van der Waals surface area contributed by atoms with Crippen LogP contribution in [0.3, 0.4) is 0 Å². The summed E-state index contributed by atoms with van der Waals surface area (Å²) in [6, 6.07) is 5.12. The van der Waals surface area contributed by atoms with Crippen LogP contribution in [0.5, 0.6) is 0 Å². The van der Waals surface area contributed by atoms with Crippen LogP contribution in [0.15, 0.2) is 18.2 Å². The molecule has 0 radical (unpaired) electrons. The van der Waals surface area contributed by atoms with Crippen molar-refractivity contribution in [2.45, 2.75) is 13.3 Å². The van der Waals surface area contributed by atoms with E-state index in [0.29, 0.717) is 5.56 Å². The standard InChI is InChI=1S/C11H16N2O2S/c1-9-8-10(12-6-3-7-16-2)4-5-11(9)13(14)15/h4-5,8,12H,3,6-7H2,1-2H3. The van der Waals surface area contributed by atoms with E-state index < -0.39 is 0 Å². The summed E-state index contributed by atoms with van der Waals surface area (Å²) in [6.45, 7) is 2.66. The van der Waals surface area contributed by atoms with Gasteiger partial charge in [0.2, 0.25) is 0 Å². The summed E-state index contributed by atoms with van der Waals surface area (Å²) in [5.41, 5.74) is 1.82. The van der Waals surface area contributed by atoms with Crippen LogP contribution in [0.4, 0.5) is 11.4 Å². The Balaban J connectivity index is 2.56. The highest BCUT2D eigenvalue weighted by Crippen LogP contribution is 2.21. The lowest BCUT2D eigenvalue weighted by Crippen LogP contribution is -2.03. The van der Waals surface area contributed by atoms with E-state index in [1.54, 1.807) is 19.1 Å². The first kappa shape index (κ1) is 12.8. The molecule has 0 saturated carbocycles. The molecule has 1 rings (SSSR count). The summed E-state index contributed by atoms with van der Waals surface area (Å²) >= 11 is 1.82. The third kappa shape index (κ3) is 3.73. The molecule has 0 atom stereocenters. The van der Waals surface area contributed by atoms with E-state index in [2.05, 4.69) is 11.6 Å². The van der Waals surface area contributed by atoms with E-state index in [9.17, 15) is 10.1 Å². The Morgan fingerprint density at radius 2 is 2.25 bits per heavy atom. The molecule has 0 heterocycles. The predicted octanol–water partition coefficient (Wildman–Crippen LogP) is 3.07. The van der Waals surface area contributed by atoms with Crippen LogP contribution in [-0.2, 0) is 0 Å². The van der Waals surface area contributed by atoms with E-state index in [1.165, 1.54) is 0 Å². The van der Waals surface area contributed by atoms with Crippen LogP contribution in [0.2, 0.25) is 0 Å². The summed E-state index contributed by atoms with van der Waals surface area (Å²) in [6.07, 6.45) is 3.17. The molecular formula is C11H16N2O2S. The topological polar surface area (TPSA) is 55.2 Å². The number of nitro benzene ring substituents is 1. The van der Waals surface area contributed by atoms with Gasteiger partial charge in [0.1, 0.15) is 0 Å². The van der Waals surface area contributed by atoms with Crippen molar-refractivity contribution in [1.82, 2.24) is 0 Å². The fraction of sp³-hybridized carbons (Fsp3) is 0.455. The number of nitro groups is 1. The third-order valence-corrected chi connectivity index (χ3v) is 2.94. The monoisotopic (exact) mass is 240 g/mol. The molecule has 0 aliphatic rings. The van der Waals surface area contributed by atoms with Crippen molar-refractivity contribution in [2.75, 3.05) is 23.9 Å². The van der Waals surface area contributed by atoms with Crippen molar-refractivity contribution in [1.29, 1.82) is 0 Å². The smallest absolute Gasteiger partial charge is 0.272 e. The molecule has 0 aromatic heterocycles. The molecule has 1 aromatic rings. The first-order valence-corrected chi connectivity index (χ1v) is 6.52. The van der Waals surface area contributed by atoms with Gasteiger partial charge in [0.05, 0.1) is 4.92 Å². The first-order chi connectivity index (χ1) is 7.65. The number of hydrogen-bond acceptors (Lipinski definition) is 4. The predicted molar refractivity (Wildman–Crippen MR) is 69.3 cm³/mol. The second-order valence-corrected chi connectivity index (χ2v) is 4.52. The van der Waals surface area contributed by atoms with Gasteiger partial charge in [-0.15, -0.1) is 0 Å². The van der Waals surface area contributed by atoms with Crippen LogP contribution < -0.4 is 5.32 Å². The number of aryl methyl sites for hydroxylation is 1. The Labute approximate surface area is 99.6 Å². The lowest BCUT2D eigenvalue weighted by molar-refractivity contribution is -0.385. The molecule has 0 bridgehead atoms. The summed E-state index contributed by atoms with van der Waals surface area (Å²) < 4.78 is 0. The van der Waals surface area contributed by atoms with Gasteiger partial charge in [-0.2, -0.15) is 11.8 Å². The van der Waals surface area contributed by atoms with Crippen LogP contribution in [-0.4, -0.2) is 23.5 Å².